The molecule has 2 N–H and O–H groups in total. The Balaban J connectivity index is 0.00000385. The highest BCUT2D eigenvalue weighted by atomic mass is 127. The van der Waals surface area contributed by atoms with Crippen molar-refractivity contribution < 1.29 is 13.9 Å². The molecule has 1 heterocycles. The highest BCUT2D eigenvalue weighted by molar-refractivity contribution is 14.0. The second kappa shape index (κ2) is 14.1. The monoisotopic (exact) mass is 568 g/mol. The predicted molar refractivity (Wildman–Crippen MR) is 140 cm³/mol. The molecule has 1 unspecified atom stereocenters. The van der Waals surface area contributed by atoms with E-state index in [0.717, 1.165) is 31.6 Å². The molecule has 0 saturated carbocycles. The van der Waals surface area contributed by atoms with Gasteiger partial charge >= 0.3 is 0 Å². The lowest BCUT2D eigenvalue weighted by Crippen LogP contribution is -2.40. The fraction of sp³-hybridized carbons (Fsp3) is 0.440. The Bertz CT molecular complexity index is 911. The summed E-state index contributed by atoms with van der Waals surface area (Å²) in [6.45, 7) is 5.60. The maximum Gasteiger partial charge on any atom is 0.223 e. The van der Waals surface area contributed by atoms with Gasteiger partial charge in [-0.1, -0.05) is 36.4 Å². The number of nitrogens with one attached hydrogen (secondary N) is 2. The number of halogens is 2. The van der Waals surface area contributed by atoms with Crippen LogP contribution in [0.25, 0.3) is 0 Å². The number of benzene rings is 2. The summed E-state index contributed by atoms with van der Waals surface area (Å²) in [7, 11) is 1.55. The van der Waals surface area contributed by atoms with Crippen LogP contribution in [0.5, 0.6) is 0 Å². The van der Waals surface area contributed by atoms with Crippen molar-refractivity contribution >= 4 is 35.8 Å². The number of hydrogen-bond acceptors (Lipinski definition) is 3. The molecular formula is C25H34FIN4O2. The first-order valence-electron chi connectivity index (χ1n) is 11.2. The molecule has 33 heavy (non-hydrogen) atoms. The third kappa shape index (κ3) is 8.58. The topological polar surface area (TPSA) is 66.0 Å². The summed E-state index contributed by atoms with van der Waals surface area (Å²) in [6, 6.07) is 15.2. The summed E-state index contributed by atoms with van der Waals surface area (Å²) in [4.78, 5) is 19.0. The molecule has 8 heteroatoms. The van der Waals surface area contributed by atoms with E-state index in [1.807, 2.05) is 30.0 Å². The van der Waals surface area contributed by atoms with Crippen molar-refractivity contribution in [1.29, 1.82) is 0 Å². The van der Waals surface area contributed by atoms with Crippen molar-refractivity contribution in [3.63, 3.8) is 0 Å². The van der Waals surface area contributed by atoms with Crippen LogP contribution in [0.2, 0.25) is 0 Å². The average molecular weight is 568 g/mol. The molecule has 1 saturated heterocycles. The molecule has 0 aromatic heterocycles. The summed E-state index contributed by atoms with van der Waals surface area (Å²) in [6.07, 6.45) is 1.43. The van der Waals surface area contributed by atoms with Gasteiger partial charge in [-0.05, 0) is 36.6 Å². The van der Waals surface area contributed by atoms with Crippen LogP contribution in [0, 0.1) is 11.7 Å². The normalized spacial score (nSPS) is 16.0. The fourth-order valence-corrected chi connectivity index (χ4v) is 3.86. The average Bonchev–Trinajstić information content (AvgIpc) is 3.16. The van der Waals surface area contributed by atoms with Gasteiger partial charge in [0.1, 0.15) is 5.82 Å². The number of methoxy groups -OCH3 is 1. The van der Waals surface area contributed by atoms with Gasteiger partial charge in [0.15, 0.2) is 5.96 Å². The first kappa shape index (κ1) is 27.0. The lowest BCUT2D eigenvalue weighted by molar-refractivity contribution is -0.127. The molecule has 1 amide bonds. The van der Waals surface area contributed by atoms with Crippen molar-refractivity contribution in [3.8, 4) is 0 Å². The zero-order chi connectivity index (χ0) is 22.8. The molecule has 0 bridgehead atoms. The minimum atomic E-state index is -0.271. The maximum atomic E-state index is 13.8. The van der Waals surface area contributed by atoms with Crippen LogP contribution in [-0.4, -0.2) is 50.1 Å². The van der Waals surface area contributed by atoms with Crippen molar-refractivity contribution in [2.24, 2.45) is 10.9 Å². The molecule has 1 fully saturated rings. The summed E-state index contributed by atoms with van der Waals surface area (Å²) < 4.78 is 18.9. The molecule has 1 aliphatic rings. The van der Waals surface area contributed by atoms with Gasteiger partial charge in [-0.25, -0.2) is 9.38 Å². The Hall–Kier alpha value is -2.20. The van der Waals surface area contributed by atoms with Crippen molar-refractivity contribution in [2.75, 3.05) is 33.3 Å². The smallest absolute Gasteiger partial charge is 0.223 e. The number of likely N-dealkylation sites (tertiary alicyclic amines) is 1. The third-order valence-corrected chi connectivity index (χ3v) is 5.54. The lowest BCUT2D eigenvalue weighted by atomic mass is 10.1. The molecule has 0 radical (unpaired) electrons. The van der Waals surface area contributed by atoms with Crippen LogP contribution in [0.4, 0.5) is 4.39 Å². The Morgan fingerprint density at radius 1 is 1.18 bits per heavy atom. The van der Waals surface area contributed by atoms with E-state index in [0.29, 0.717) is 31.0 Å². The third-order valence-electron chi connectivity index (χ3n) is 5.54. The Kier molecular flexibility index (Phi) is 11.6. The quantitative estimate of drug-likeness (QED) is 0.261. The maximum absolute atomic E-state index is 13.8. The van der Waals surface area contributed by atoms with Crippen molar-refractivity contribution in [3.05, 3.63) is 71.0 Å². The number of rotatable bonds is 10. The minimum absolute atomic E-state index is 0. The second-order valence-corrected chi connectivity index (χ2v) is 8.08. The van der Waals surface area contributed by atoms with Gasteiger partial charge in [0.25, 0.3) is 0 Å². The van der Waals surface area contributed by atoms with Gasteiger partial charge in [-0.15, -0.1) is 24.0 Å². The fourth-order valence-electron chi connectivity index (χ4n) is 3.86. The van der Waals surface area contributed by atoms with Gasteiger partial charge in [0.2, 0.25) is 5.91 Å². The van der Waals surface area contributed by atoms with Gasteiger partial charge < -0.3 is 20.3 Å². The summed E-state index contributed by atoms with van der Waals surface area (Å²) in [5.41, 5.74) is 2.69. The first-order chi connectivity index (χ1) is 15.6. The van der Waals surface area contributed by atoms with Gasteiger partial charge in [0.05, 0.1) is 13.2 Å². The molecule has 180 valence electrons. The highest BCUT2D eigenvalue weighted by Gasteiger charge is 2.29. The Labute approximate surface area is 213 Å². The standard InChI is InChI=1S/C25H33FN4O2.HI/c1-3-27-25(28-15-20-9-10-23(26)22(13-20)18-32-2)29-16-21-14-24(31)30(17-21)12-11-19-7-5-4-6-8-19;/h4-10,13,21H,3,11-12,14-18H2,1-2H3,(H2,27,28,29);1H. The molecule has 1 aliphatic heterocycles. The zero-order valence-corrected chi connectivity index (χ0v) is 21.7. The van der Waals surface area contributed by atoms with E-state index in [2.05, 4.69) is 27.8 Å². The molecule has 1 atom stereocenters. The minimum Gasteiger partial charge on any atom is -0.380 e. The van der Waals surface area contributed by atoms with E-state index in [1.54, 1.807) is 19.2 Å². The van der Waals surface area contributed by atoms with Crippen LogP contribution in [0.15, 0.2) is 53.5 Å². The van der Waals surface area contributed by atoms with E-state index in [9.17, 15) is 9.18 Å². The molecule has 0 aliphatic carbocycles. The van der Waals surface area contributed by atoms with Crippen LogP contribution in [0.1, 0.15) is 30.0 Å². The van der Waals surface area contributed by atoms with Crippen LogP contribution in [0.3, 0.4) is 0 Å². The van der Waals surface area contributed by atoms with Gasteiger partial charge in [0, 0.05) is 51.2 Å². The van der Waals surface area contributed by atoms with Gasteiger partial charge in [-0.3, -0.25) is 4.79 Å². The molecule has 2 aromatic carbocycles. The first-order valence-corrected chi connectivity index (χ1v) is 11.2. The predicted octanol–water partition coefficient (Wildman–Crippen LogP) is 3.74. The summed E-state index contributed by atoms with van der Waals surface area (Å²) in [5, 5.41) is 6.60. The number of amides is 1. The summed E-state index contributed by atoms with van der Waals surface area (Å²) >= 11 is 0. The van der Waals surface area contributed by atoms with E-state index >= 15 is 0 Å². The number of ether oxygens (including phenoxy) is 1. The molecule has 3 rings (SSSR count). The number of guanidine groups is 1. The van der Waals surface area contributed by atoms with E-state index in [1.165, 1.54) is 11.6 Å². The molecular weight excluding hydrogens is 534 g/mol. The van der Waals surface area contributed by atoms with Crippen LogP contribution in [-0.2, 0) is 29.1 Å². The van der Waals surface area contributed by atoms with Gasteiger partial charge in [-0.2, -0.15) is 0 Å². The van der Waals surface area contributed by atoms with Crippen molar-refractivity contribution in [2.45, 2.75) is 32.9 Å². The number of carbonyl (C=O) groups is 1. The number of aliphatic imine (C=N–C) groups is 1. The molecule has 0 spiro atoms. The van der Waals surface area contributed by atoms with E-state index < -0.39 is 0 Å². The van der Waals surface area contributed by atoms with E-state index in [4.69, 9.17) is 4.74 Å². The Morgan fingerprint density at radius 3 is 2.70 bits per heavy atom. The largest absolute Gasteiger partial charge is 0.380 e. The Morgan fingerprint density at radius 2 is 1.97 bits per heavy atom. The SMILES string of the molecule is CCNC(=NCc1ccc(F)c(COC)c1)NCC1CC(=O)N(CCc2ccccc2)C1.I. The molecule has 2 aromatic rings. The van der Waals surface area contributed by atoms with E-state index in [-0.39, 0.29) is 48.2 Å². The lowest BCUT2D eigenvalue weighted by Gasteiger charge is -2.18. The second-order valence-electron chi connectivity index (χ2n) is 8.08. The van der Waals surface area contributed by atoms with Crippen LogP contribution >= 0.6 is 24.0 Å². The highest BCUT2D eigenvalue weighted by Crippen LogP contribution is 2.18. The summed E-state index contributed by atoms with van der Waals surface area (Å²) in [5.74, 6) is 0.889. The number of hydrogen-bond donors (Lipinski definition) is 2. The van der Waals surface area contributed by atoms with Crippen molar-refractivity contribution in [1.82, 2.24) is 15.5 Å². The van der Waals surface area contributed by atoms with Crippen LogP contribution < -0.4 is 10.6 Å². The number of nitrogens with zero attached hydrogens (tertiary/aromatic N) is 2. The number of carbonyl (C=O) groups excluding carboxylic acids is 1. The molecule has 6 nitrogen and oxygen atoms in total. The zero-order valence-electron chi connectivity index (χ0n) is 19.4.